The molecular weight excluding hydrogens is 456 g/mol. The van der Waals surface area contributed by atoms with E-state index in [0.717, 1.165) is 36.1 Å². The van der Waals surface area contributed by atoms with Gasteiger partial charge in [0.15, 0.2) is 0 Å². The van der Waals surface area contributed by atoms with Gasteiger partial charge in [0.2, 0.25) is 5.91 Å². The number of amides is 3. The van der Waals surface area contributed by atoms with Gasteiger partial charge in [0.1, 0.15) is 0 Å². The van der Waals surface area contributed by atoms with E-state index in [0.29, 0.717) is 43.7 Å². The van der Waals surface area contributed by atoms with Crippen molar-refractivity contribution in [3.63, 3.8) is 0 Å². The number of urea groups is 1. The second kappa shape index (κ2) is 10.5. The summed E-state index contributed by atoms with van der Waals surface area (Å²) >= 11 is 0. The zero-order valence-electron chi connectivity index (χ0n) is 21.3. The van der Waals surface area contributed by atoms with Crippen molar-refractivity contribution in [2.24, 2.45) is 5.41 Å². The van der Waals surface area contributed by atoms with E-state index >= 15 is 0 Å². The van der Waals surface area contributed by atoms with Crippen molar-refractivity contribution in [1.29, 1.82) is 0 Å². The van der Waals surface area contributed by atoms with Crippen LogP contribution in [0, 0.1) is 29.4 Å². The van der Waals surface area contributed by atoms with E-state index in [4.69, 9.17) is 0 Å². The molecule has 0 radical (unpaired) electrons. The average molecular weight is 491 g/mol. The Kier molecular flexibility index (Phi) is 7.43. The van der Waals surface area contributed by atoms with Gasteiger partial charge in [-0.2, -0.15) is 0 Å². The number of piperidine rings is 1. The summed E-state index contributed by atoms with van der Waals surface area (Å²) < 4.78 is 0. The molecule has 2 aliphatic heterocycles. The molecule has 0 bridgehead atoms. The number of likely N-dealkylation sites (tertiary alicyclic amines) is 2. The van der Waals surface area contributed by atoms with Gasteiger partial charge in [-0.1, -0.05) is 36.8 Å². The zero-order valence-corrected chi connectivity index (χ0v) is 21.3. The van der Waals surface area contributed by atoms with Crippen LogP contribution in [0.25, 0.3) is 6.08 Å². The fourth-order valence-electron chi connectivity index (χ4n) is 5.30. The maximum absolute atomic E-state index is 13.3. The van der Waals surface area contributed by atoms with E-state index in [2.05, 4.69) is 11.4 Å². The predicted octanol–water partition coefficient (Wildman–Crippen LogP) is 5.55. The van der Waals surface area contributed by atoms with E-state index in [1.54, 1.807) is 18.2 Å². The standard InChI is InChI=1S/C28H34N4O4/c1-4-23(17-22-6-5-7-24(18-22)32(35)36)26(33)31-15-12-28(19-31)10-13-30(14-11-28)27(34)29-25-9-8-20(2)16-21(25)3/h5-9,16-18H,4,10-15,19H2,1-3H3,(H,29,34). The Bertz CT molecular complexity index is 1200. The van der Waals surface area contributed by atoms with Crippen LogP contribution in [-0.4, -0.2) is 52.8 Å². The molecule has 2 aromatic rings. The summed E-state index contributed by atoms with van der Waals surface area (Å²) in [6.45, 7) is 8.68. The maximum Gasteiger partial charge on any atom is 0.321 e. The molecule has 0 unspecified atom stereocenters. The molecule has 1 spiro atoms. The first-order valence-electron chi connectivity index (χ1n) is 12.6. The fraction of sp³-hybridized carbons (Fsp3) is 0.429. The minimum atomic E-state index is -0.427. The number of nitro groups is 1. The second-order valence-corrected chi connectivity index (χ2v) is 10.1. The molecule has 0 saturated carbocycles. The van der Waals surface area contributed by atoms with Crippen molar-refractivity contribution >= 4 is 29.4 Å². The van der Waals surface area contributed by atoms with Crippen LogP contribution in [0.1, 0.15) is 49.3 Å². The molecule has 4 rings (SSSR count). The van der Waals surface area contributed by atoms with E-state index in [1.165, 1.54) is 12.1 Å². The molecule has 0 aliphatic carbocycles. The third-order valence-electron chi connectivity index (χ3n) is 7.54. The van der Waals surface area contributed by atoms with Crippen LogP contribution in [0.3, 0.4) is 0 Å². The smallest absolute Gasteiger partial charge is 0.321 e. The molecule has 2 fully saturated rings. The molecule has 1 N–H and O–H groups in total. The van der Waals surface area contributed by atoms with E-state index in [-0.39, 0.29) is 23.0 Å². The Morgan fingerprint density at radius 1 is 1.06 bits per heavy atom. The van der Waals surface area contributed by atoms with Crippen molar-refractivity contribution in [1.82, 2.24) is 9.80 Å². The maximum atomic E-state index is 13.3. The Morgan fingerprint density at radius 3 is 2.39 bits per heavy atom. The van der Waals surface area contributed by atoms with Gasteiger partial charge in [0, 0.05) is 49.6 Å². The largest absolute Gasteiger partial charge is 0.338 e. The number of nitro benzene ring substituents is 1. The minimum Gasteiger partial charge on any atom is -0.338 e. The number of anilines is 1. The highest BCUT2D eigenvalue weighted by Gasteiger charge is 2.43. The molecule has 0 atom stereocenters. The lowest BCUT2D eigenvalue weighted by Gasteiger charge is -2.39. The van der Waals surface area contributed by atoms with Crippen molar-refractivity contribution in [3.05, 3.63) is 74.8 Å². The first-order valence-corrected chi connectivity index (χ1v) is 12.6. The zero-order chi connectivity index (χ0) is 25.9. The summed E-state index contributed by atoms with van der Waals surface area (Å²) in [4.78, 5) is 40.6. The predicted molar refractivity (Wildman–Crippen MR) is 141 cm³/mol. The van der Waals surface area contributed by atoms with Crippen LogP contribution in [0.4, 0.5) is 16.2 Å². The summed E-state index contributed by atoms with van der Waals surface area (Å²) in [6.07, 6.45) is 4.98. The van der Waals surface area contributed by atoms with Gasteiger partial charge < -0.3 is 15.1 Å². The number of carbonyl (C=O) groups excluding carboxylic acids is 2. The molecule has 2 aliphatic rings. The molecule has 2 heterocycles. The van der Waals surface area contributed by atoms with E-state index in [1.807, 2.05) is 42.7 Å². The second-order valence-electron chi connectivity index (χ2n) is 10.1. The Hall–Kier alpha value is -3.68. The third kappa shape index (κ3) is 5.58. The van der Waals surface area contributed by atoms with Crippen molar-refractivity contribution in [3.8, 4) is 0 Å². The molecule has 8 nitrogen and oxygen atoms in total. The highest BCUT2D eigenvalue weighted by atomic mass is 16.6. The first-order chi connectivity index (χ1) is 17.2. The fourth-order valence-corrected chi connectivity index (χ4v) is 5.30. The summed E-state index contributed by atoms with van der Waals surface area (Å²) in [5.74, 6) is -0.00380. The Morgan fingerprint density at radius 2 is 1.75 bits per heavy atom. The topological polar surface area (TPSA) is 95.8 Å². The van der Waals surface area contributed by atoms with E-state index in [9.17, 15) is 19.7 Å². The number of rotatable bonds is 5. The Balaban J connectivity index is 1.36. The monoisotopic (exact) mass is 490 g/mol. The quantitative estimate of drug-likeness (QED) is 0.338. The van der Waals surface area contributed by atoms with Crippen molar-refractivity contribution < 1.29 is 14.5 Å². The van der Waals surface area contributed by atoms with Crippen LogP contribution in [-0.2, 0) is 4.79 Å². The molecule has 0 aromatic heterocycles. The number of benzene rings is 2. The molecule has 36 heavy (non-hydrogen) atoms. The number of carbonyl (C=O) groups is 2. The van der Waals surface area contributed by atoms with E-state index < -0.39 is 4.92 Å². The van der Waals surface area contributed by atoms with Crippen LogP contribution in [0.2, 0.25) is 0 Å². The van der Waals surface area contributed by atoms with Crippen LogP contribution >= 0.6 is 0 Å². The number of hydrogen-bond acceptors (Lipinski definition) is 4. The highest BCUT2D eigenvalue weighted by molar-refractivity contribution is 5.98. The van der Waals surface area contributed by atoms with Crippen LogP contribution < -0.4 is 5.32 Å². The van der Waals surface area contributed by atoms with Gasteiger partial charge in [0.05, 0.1) is 4.92 Å². The summed E-state index contributed by atoms with van der Waals surface area (Å²) in [6, 6.07) is 12.3. The average Bonchev–Trinajstić information content (AvgIpc) is 3.27. The number of aryl methyl sites for hydroxylation is 2. The summed E-state index contributed by atoms with van der Waals surface area (Å²) in [7, 11) is 0. The van der Waals surface area contributed by atoms with Gasteiger partial charge >= 0.3 is 6.03 Å². The normalized spacial score (nSPS) is 17.4. The van der Waals surface area contributed by atoms with Gasteiger partial charge in [-0.25, -0.2) is 4.79 Å². The first kappa shape index (κ1) is 25.4. The number of hydrogen-bond donors (Lipinski definition) is 1. The molecular formula is C28H34N4O4. The molecule has 190 valence electrons. The molecule has 8 heteroatoms. The lowest BCUT2D eigenvalue weighted by molar-refractivity contribution is -0.384. The third-order valence-corrected chi connectivity index (χ3v) is 7.54. The number of non-ortho nitro benzene ring substituents is 1. The minimum absolute atomic E-state index is 0.00380. The van der Waals surface area contributed by atoms with Gasteiger partial charge in [-0.05, 0) is 68.2 Å². The summed E-state index contributed by atoms with van der Waals surface area (Å²) in [5, 5.41) is 14.1. The van der Waals surface area contributed by atoms with Gasteiger partial charge in [0.25, 0.3) is 5.69 Å². The Labute approximate surface area is 212 Å². The highest BCUT2D eigenvalue weighted by Crippen LogP contribution is 2.41. The lowest BCUT2D eigenvalue weighted by atomic mass is 9.78. The SMILES string of the molecule is CCC(=Cc1cccc([N+](=O)[O-])c1)C(=O)N1CCC2(CCN(C(=O)Nc3ccc(C)cc3C)CC2)C1. The molecule has 2 saturated heterocycles. The molecule has 2 aromatic carbocycles. The van der Waals surface area contributed by atoms with Gasteiger partial charge in [-0.15, -0.1) is 0 Å². The van der Waals surface area contributed by atoms with Crippen LogP contribution in [0.5, 0.6) is 0 Å². The van der Waals surface area contributed by atoms with Crippen molar-refractivity contribution in [2.75, 3.05) is 31.5 Å². The van der Waals surface area contributed by atoms with Crippen LogP contribution in [0.15, 0.2) is 48.0 Å². The lowest BCUT2D eigenvalue weighted by Crippen LogP contribution is -2.46. The van der Waals surface area contributed by atoms with Gasteiger partial charge in [-0.3, -0.25) is 14.9 Å². The summed E-state index contributed by atoms with van der Waals surface area (Å²) in [5.41, 5.74) is 4.41. The molecule has 3 amide bonds. The van der Waals surface area contributed by atoms with Crippen molar-refractivity contribution in [2.45, 2.75) is 46.5 Å². The number of nitrogens with one attached hydrogen (secondary N) is 1. The number of nitrogens with zero attached hydrogens (tertiary/aromatic N) is 3.